The molecule has 2 saturated heterocycles. The minimum Gasteiger partial charge on any atom is -0.394 e. The number of ether oxygens (including phenoxy) is 1. The molecule has 0 saturated carbocycles. The Balaban J connectivity index is 2.02. The zero-order valence-corrected chi connectivity index (χ0v) is 15.7. The molecule has 2 aliphatic heterocycles. The molecule has 2 amide bonds. The lowest BCUT2D eigenvalue weighted by atomic mass is 9.99. The number of hydrogen-bond donors (Lipinski definition) is 4. The fraction of sp³-hybridized carbons (Fsp3) is 0.647. The topological polar surface area (TPSA) is 162 Å². The van der Waals surface area contributed by atoms with E-state index in [2.05, 4.69) is 4.98 Å². The Morgan fingerprint density at radius 2 is 1.82 bits per heavy atom. The van der Waals surface area contributed by atoms with Crippen molar-refractivity contribution in [2.45, 2.75) is 63.2 Å². The SMILES string of the molecule is CC(C)(C)N1C(=O)CC(c2cn([C@@H]3O[C@H](CO)[C@@H](O)[C@H]3O)c(=O)[nH]c2=O)C1=O. The molecule has 3 heterocycles. The van der Waals surface area contributed by atoms with Gasteiger partial charge in [0.15, 0.2) is 6.23 Å². The second-order valence-electron chi connectivity index (χ2n) is 7.97. The van der Waals surface area contributed by atoms with E-state index in [1.54, 1.807) is 20.8 Å². The van der Waals surface area contributed by atoms with Crippen LogP contribution in [0.5, 0.6) is 0 Å². The maximum absolute atomic E-state index is 12.8. The molecule has 0 aromatic carbocycles. The van der Waals surface area contributed by atoms with Crippen molar-refractivity contribution in [2.24, 2.45) is 0 Å². The van der Waals surface area contributed by atoms with Crippen LogP contribution in [0.15, 0.2) is 15.8 Å². The molecule has 1 aromatic heterocycles. The number of carbonyl (C=O) groups excluding carboxylic acids is 2. The predicted octanol–water partition coefficient (Wildman–Crippen LogP) is -2.21. The molecular formula is C17H23N3O8. The summed E-state index contributed by atoms with van der Waals surface area (Å²) in [4.78, 5) is 52.8. The minimum atomic E-state index is -1.54. The summed E-state index contributed by atoms with van der Waals surface area (Å²) in [6, 6.07) is 0. The second kappa shape index (κ2) is 6.92. The molecular weight excluding hydrogens is 374 g/mol. The highest BCUT2D eigenvalue weighted by atomic mass is 16.6. The Kier molecular flexibility index (Phi) is 5.04. The van der Waals surface area contributed by atoms with Gasteiger partial charge in [0.1, 0.15) is 18.3 Å². The summed E-state index contributed by atoms with van der Waals surface area (Å²) in [5.41, 5.74) is -2.64. The standard InChI is InChI=1S/C17H23N3O8/c1-17(2,3)20-10(22)4-7(14(20)26)8-5-19(16(27)18-13(8)25)15-12(24)11(23)9(6-21)28-15/h5,7,9,11-12,15,21,23-24H,4,6H2,1-3H3,(H,18,25,27)/t7?,9-,11-,12-,15-/m1/s1. The normalized spacial score (nSPS) is 31.1. The minimum absolute atomic E-state index is 0.123. The molecule has 2 fully saturated rings. The van der Waals surface area contributed by atoms with Crippen molar-refractivity contribution >= 4 is 11.8 Å². The molecule has 1 aromatic rings. The summed E-state index contributed by atoms with van der Waals surface area (Å²) in [6.45, 7) is 4.48. The monoisotopic (exact) mass is 397 g/mol. The summed E-state index contributed by atoms with van der Waals surface area (Å²) < 4.78 is 6.16. The van der Waals surface area contributed by atoms with Gasteiger partial charge in [-0.15, -0.1) is 0 Å². The number of imide groups is 1. The number of H-pyrrole nitrogens is 1. The number of aliphatic hydroxyl groups is 3. The van der Waals surface area contributed by atoms with Gasteiger partial charge >= 0.3 is 5.69 Å². The second-order valence-corrected chi connectivity index (χ2v) is 7.97. The number of likely N-dealkylation sites (tertiary alicyclic amines) is 1. The molecule has 154 valence electrons. The lowest BCUT2D eigenvalue weighted by Gasteiger charge is -2.30. The van der Waals surface area contributed by atoms with Crippen molar-refractivity contribution in [1.29, 1.82) is 0 Å². The smallest absolute Gasteiger partial charge is 0.330 e. The first-order valence-electron chi connectivity index (χ1n) is 8.82. The number of nitrogens with one attached hydrogen (secondary N) is 1. The average molecular weight is 397 g/mol. The number of amides is 2. The van der Waals surface area contributed by atoms with Gasteiger partial charge in [0, 0.05) is 23.7 Å². The van der Waals surface area contributed by atoms with Gasteiger partial charge in [0.2, 0.25) is 11.8 Å². The van der Waals surface area contributed by atoms with Crippen LogP contribution in [-0.4, -0.2) is 72.0 Å². The molecule has 0 aliphatic carbocycles. The Morgan fingerprint density at radius 3 is 2.32 bits per heavy atom. The van der Waals surface area contributed by atoms with E-state index in [-0.39, 0.29) is 12.0 Å². The molecule has 0 radical (unpaired) electrons. The Bertz CT molecular complexity index is 914. The number of carbonyl (C=O) groups is 2. The zero-order valence-electron chi connectivity index (χ0n) is 15.7. The summed E-state index contributed by atoms with van der Waals surface area (Å²) in [5.74, 6) is -2.08. The Labute approximate surface area is 159 Å². The van der Waals surface area contributed by atoms with Crippen molar-refractivity contribution in [3.63, 3.8) is 0 Å². The number of hydrogen-bond acceptors (Lipinski definition) is 8. The van der Waals surface area contributed by atoms with Crippen molar-refractivity contribution in [3.05, 3.63) is 32.6 Å². The van der Waals surface area contributed by atoms with Gasteiger partial charge in [0.25, 0.3) is 5.56 Å². The first-order valence-corrected chi connectivity index (χ1v) is 8.82. The van der Waals surface area contributed by atoms with Crippen LogP contribution in [0.4, 0.5) is 0 Å². The first-order chi connectivity index (χ1) is 13.0. The van der Waals surface area contributed by atoms with E-state index in [4.69, 9.17) is 4.74 Å². The molecule has 5 atom stereocenters. The largest absolute Gasteiger partial charge is 0.394 e. The third-order valence-corrected chi connectivity index (χ3v) is 4.98. The fourth-order valence-corrected chi connectivity index (χ4v) is 3.63. The van der Waals surface area contributed by atoms with Gasteiger partial charge in [-0.05, 0) is 20.8 Å². The van der Waals surface area contributed by atoms with E-state index in [0.29, 0.717) is 0 Å². The fourth-order valence-electron chi connectivity index (χ4n) is 3.63. The van der Waals surface area contributed by atoms with Gasteiger partial charge in [0.05, 0.1) is 12.5 Å². The molecule has 11 heteroatoms. The van der Waals surface area contributed by atoms with Crippen LogP contribution in [0.25, 0.3) is 0 Å². The van der Waals surface area contributed by atoms with Crippen molar-refractivity contribution in [3.8, 4) is 0 Å². The first kappa shape index (κ1) is 20.4. The van der Waals surface area contributed by atoms with E-state index in [9.17, 15) is 34.5 Å². The molecule has 0 spiro atoms. The zero-order chi connectivity index (χ0) is 21.0. The van der Waals surface area contributed by atoms with E-state index < -0.39 is 65.7 Å². The van der Waals surface area contributed by atoms with Crippen molar-refractivity contribution < 1.29 is 29.6 Å². The number of aromatic amines is 1. The average Bonchev–Trinajstić information content (AvgIpc) is 3.04. The van der Waals surface area contributed by atoms with Crippen LogP contribution in [-0.2, 0) is 14.3 Å². The highest BCUT2D eigenvalue weighted by Crippen LogP contribution is 2.33. The summed E-state index contributed by atoms with van der Waals surface area (Å²) in [6.07, 6.45) is -4.64. The molecule has 1 unspecified atom stereocenters. The lowest BCUT2D eigenvalue weighted by molar-refractivity contribution is -0.144. The number of nitrogens with zero attached hydrogens (tertiary/aromatic N) is 2. The Morgan fingerprint density at radius 1 is 1.18 bits per heavy atom. The van der Waals surface area contributed by atoms with E-state index in [1.165, 1.54) is 0 Å². The predicted molar refractivity (Wildman–Crippen MR) is 93.3 cm³/mol. The van der Waals surface area contributed by atoms with Crippen LogP contribution in [0.2, 0.25) is 0 Å². The number of aliphatic hydroxyl groups excluding tert-OH is 3. The van der Waals surface area contributed by atoms with Crippen LogP contribution in [0, 0.1) is 0 Å². The quantitative estimate of drug-likeness (QED) is 0.417. The third kappa shape index (κ3) is 3.20. The van der Waals surface area contributed by atoms with Gasteiger partial charge < -0.3 is 20.1 Å². The van der Waals surface area contributed by atoms with E-state index in [1.807, 2.05) is 0 Å². The summed E-state index contributed by atoms with van der Waals surface area (Å²) in [5, 5.41) is 29.2. The van der Waals surface area contributed by atoms with Crippen molar-refractivity contribution in [1.82, 2.24) is 14.5 Å². The molecule has 0 bridgehead atoms. The third-order valence-electron chi connectivity index (χ3n) is 4.98. The van der Waals surface area contributed by atoms with Crippen LogP contribution < -0.4 is 11.2 Å². The van der Waals surface area contributed by atoms with E-state index in [0.717, 1.165) is 15.7 Å². The van der Waals surface area contributed by atoms with Crippen molar-refractivity contribution in [2.75, 3.05) is 6.61 Å². The summed E-state index contributed by atoms with van der Waals surface area (Å²) in [7, 11) is 0. The highest BCUT2D eigenvalue weighted by molar-refractivity contribution is 6.06. The Hall–Kier alpha value is -2.34. The van der Waals surface area contributed by atoms with E-state index >= 15 is 0 Å². The van der Waals surface area contributed by atoms with Gasteiger partial charge in [-0.25, -0.2) is 4.79 Å². The van der Waals surface area contributed by atoms with Crippen LogP contribution in [0.3, 0.4) is 0 Å². The molecule has 2 aliphatic rings. The molecule has 11 nitrogen and oxygen atoms in total. The van der Waals surface area contributed by atoms with Gasteiger partial charge in [-0.2, -0.15) is 0 Å². The highest BCUT2D eigenvalue weighted by Gasteiger charge is 2.47. The maximum Gasteiger partial charge on any atom is 0.330 e. The van der Waals surface area contributed by atoms with Crippen LogP contribution >= 0.6 is 0 Å². The molecule has 3 rings (SSSR count). The molecule has 28 heavy (non-hydrogen) atoms. The maximum atomic E-state index is 12.8. The lowest BCUT2D eigenvalue weighted by Crippen LogP contribution is -2.46. The van der Waals surface area contributed by atoms with Gasteiger partial charge in [-0.3, -0.25) is 28.8 Å². The van der Waals surface area contributed by atoms with Crippen LogP contribution in [0.1, 0.15) is 44.9 Å². The summed E-state index contributed by atoms with van der Waals surface area (Å²) >= 11 is 0. The number of aromatic nitrogens is 2. The molecule has 4 N–H and O–H groups in total. The number of rotatable bonds is 3. The van der Waals surface area contributed by atoms with Gasteiger partial charge in [-0.1, -0.05) is 0 Å².